The Labute approximate surface area is 115 Å². The van der Waals surface area contributed by atoms with Crippen molar-refractivity contribution < 1.29 is 4.79 Å². The second kappa shape index (κ2) is 7.86. The first kappa shape index (κ1) is 14.7. The average molecular weight is 316 g/mol. The summed E-state index contributed by atoms with van der Waals surface area (Å²) in [5, 5.41) is 8.85. The Kier molecular flexibility index (Phi) is 6.42. The lowest BCUT2D eigenvalue weighted by atomic mass is 10.4. The third-order valence-electron chi connectivity index (χ3n) is 2.12. The summed E-state index contributed by atoms with van der Waals surface area (Å²) >= 11 is 3.42. The predicted octanol–water partition coefficient (Wildman–Crippen LogP) is 1.61. The van der Waals surface area contributed by atoms with E-state index < -0.39 is 0 Å². The van der Waals surface area contributed by atoms with Gasteiger partial charge in [-0.25, -0.2) is 9.97 Å². The van der Waals surface area contributed by atoms with Crippen molar-refractivity contribution in [2.75, 3.05) is 30.3 Å². The smallest absolute Gasteiger partial charge is 0.239 e. The van der Waals surface area contributed by atoms with Crippen molar-refractivity contribution in [2.24, 2.45) is 0 Å². The van der Waals surface area contributed by atoms with Gasteiger partial charge in [-0.1, -0.05) is 6.92 Å². The molecule has 1 amide bonds. The molecule has 0 aromatic carbocycles. The fourth-order valence-corrected chi connectivity index (χ4v) is 1.77. The minimum Gasteiger partial charge on any atom is -0.369 e. The molecule has 1 aromatic rings. The molecule has 0 aliphatic carbocycles. The number of anilines is 2. The SMILES string of the molecule is CCCNc1ncnc(NCC(=O)NCC)c1Br. The van der Waals surface area contributed by atoms with Crippen LogP contribution in [0.3, 0.4) is 0 Å². The monoisotopic (exact) mass is 315 g/mol. The van der Waals surface area contributed by atoms with E-state index >= 15 is 0 Å². The molecule has 0 unspecified atom stereocenters. The Bertz CT molecular complexity index is 399. The minimum atomic E-state index is -0.0638. The molecular weight excluding hydrogens is 298 g/mol. The average Bonchev–Trinajstić information content (AvgIpc) is 2.36. The van der Waals surface area contributed by atoms with Crippen molar-refractivity contribution in [3.05, 3.63) is 10.8 Å². The van der Waals surface area contributed by atoms with Crippen LogP contribution in [0.2, 0.25) is 0 Å². The lowest BCUT2D eigenvalue weighted by Crippen LogP contribution is -2.29. The number of likely N-dealkylation sites (N-methyl/N-ethyl adjacent to an activating group) is 1. The fraction of sp³-hybridized carbons (Fsp3) is 0.545. The maximum absolute atomic E-state index is 11.3. The number of hydrogen-bond donors (Lipinski definition) is 3. The summed E-state index contributed by atoms with van der Waals surface area (Å²) in [4.78, 5) is 19.6. The van der Waals surface area contributed by atoms with Gasteiger partial charge in [-0.3, -0.25) is 4.79 Å². The Hall–Kier alpha value is -1.37. The van der Waals surface area contributed by atoms with Crippen molar-refractivity contribution in [1.29, 1.82) is 0 Å². The third-order valence-corrected chi connectivity index (χ3v) is 2.87. The Morgan fingerprint density at radius 1 is 1.28 bits per heavy atom. The van der Waals surface area contributed by atoms with Gasteiger partial charge in [-0.15, -0.1) is 0 Å². The molecule has 100 valence electrons. The van der Waals surface area contributed by atoms with Gasteiger partial charge in [0.25, 0.3) is 0 Å². The molecule has 18 heavy (non-hydrogen) atoms. The molecule has 1 aromatic heterocycles. The zero-order valence-corrected chi connectivity index (χ0v) is 12.2. The molecule has 1 rings (SSSR count). The summed E-state index contributed by atoms with van der Waals surface area (Å²) in [6, 6.07) is 0. The van der Waals surface area contributed by atoms with Gasteiger partial charge in [0.15, 0.2) is 0 Å². The van der Waals surface area contributed by atoms with E-state index in [1.165, 1.54) is 6.33 Å². The van der Waals surface area contributed by atoms with Crippen LogP contribution in [0.25, 0.3) is 0 Å². The summed E-state index contributed by atoms with van der Waals surface area (Å²) in [5.74, 6) is 1.27. The third kappa shape index (κ3) is 4.48. The van der Waals surface area contributed by atoms with Crippen molar-refractivity contribution >= 4 is 33.5 Å². The van der Waals surface area contributed by atoms with Gasteiger partial charge < -0.3 is 16.0 Å². The van der Waals surface area contributed by atoms with E-state index in [1.54, 1.807) is 0 Å². The first-order valence-corrected chi connectivity index (χ1v) is 6.73. The van der Waals surface area contributed by atoms with Crippen molar-refractivity contribution in [3.8, 4) is 0 Å². The lowest BCUT2D eigenvalue weighted by Gasteiger charge is -2.11. The molecule has 0 spiro atoms. The molecule has 0 saturated carbocycles. The number of aromatic nitrogens is 2. The first-order chi connectivity index (χ1) is 8.69. The highest BCUT2D eigenvalue weighted by Gasteiger charge is 2.09. The molecule has 0 radical (unpaired) electrons. The van der Waals surface area contributed by atoms with Gasteiger partial charge in [0.1, 0.15) is 22.4 Å². The number of rotatable bonds is 7. The minimum absolute atomic E-state index is 0.0638. The molecule has 0 fully saturated rings. The van der Waals surface area contributed by atoms with Crippen LogP contribution in [0.1, 0.15) is 20.3 Å². The van der Waals surface area contributed by atoms with Gasteiger partial charge in [0, 0.05) is 13.1 Å². The molecule has 7 heteroatoms. The molecule has 1 heterocycles. The number of nitrogens with zero attached hydrogens (tertiary/aromatic N) is 2. The van der Waals surface area contributed by atoms with Crippen LogP contribution in [0.5, 0.6) is 0 Å². The van der Waals surface area contributed by atoms with E-state index in [0.717, 1.165) is 23.3 Å². The quantitative estimate of drug-likeness (QED) is 0.712. The van der Waals surface area contributed by atoms with Crippen molar-refractivity contribution in [1.82, 2.24) is 15.3 Å². The Morgan fingerprint density at radius 2 is 1.94 bits per heavy atom. The zero-order chi connectivity index (χ0) is 13.4. The number of amides is 1. The van der Waals surface area contributed by atoms with E-state index in [0.29, 0.717) is 12.4 Å². The number of nitrogens with one attached hydrogen (secondary N) is 3. The van der Waals surface area contributed by atoms with Crippen LogP contribution < -0.4 is 16.0 Å². The molecule has 0 aliphatic heterocycles. The van der Waals surface area contributed by atoms with Gasteiger partial charge >= 0.3 is 0 Å². The van der Waals surface area contributed by atoms with Gasteiger partial charge in [0.05, 0.1) is 6.54 Å². The Morgan fingerprint density at radius 3 is 2.56 bits per heavy atom. The predicted molar refractivity (Wildman–Crippen MR) is 75.7 cm³/mol. The number of hydrogen-bond acceptors (Lipinski definition) is 5. The first-order valence-electron chi connectivity index (χ1n) is 5.94. The lowest BCUT2D eigenvalue weighted by molar-refractivity contribution is -0.119. The summed E-state index contributed by atoms with van der Waals surface area (Å²) in [7, 11) is 0. The topological polar surface area (TPSA) is 78.9 Å². The summed E-state index contributed by atoms with van der Waals surface area (Å²) in [5.41, 5.74) is 0. The molecular formula is C11H18BrN5O. The van der Waals surface area contributed by atoms with Crippen molar-refractivity contribution in [2.45, 2.75) is 20.3 Å². The van der Waals surface area contributed by atoms with E-state index in [9.17, 15) is 4.79 Å². The van der Waals surface area contributed by atoms with Crippen molar-refractivity contribution in [3.63, 3.8) is 0 Å². The highest BCUT2D eigenvalue weighted by molar-refractivity contribution is 9.10. The molecule has 0 aliphatic rings. The second-order valence-electron chi connectivity index (χ2n) is 3.62. The van der Waals surface area contributed by atoms with E-state index in [2.05, 4.69) is 48.8 Å². The maximum atomic E-state index is 11.3. The van der Waals surface area contributed by atoms with Gasteiger partial charge in [-0.2, -0.15) is 0 Å². The molecule has 0 bridgehead atoms. The van der Waals surface area contributed by atoms with Gasteiger partial charge in [0.2, 0.25) is 5.91 Å². The van der Waals surface area contributed by atoms with Gasteiger partial charge in [-0.05, 0) is 29.3 Å². The largest absolute Gasteiger partial charge is 0.369 e. The maximum Gasteiger partial charge on any atom is 0.239 e. The van der Waals surface area contributed by atoms with Crippen LogP contribution in [-0.2, 0) is 4.79 Å². The van der Waals surface area contributed by atoms with Crippen LogP contribution in [0.15, 0.2) is 10.8 Å². The van der Waals surface area contributed by atoms with Crippen LogP contribution in [-0.4, -0.2) is 35.5 Å². The molecule has 0 atom stereocenters. The molecule has 3 N–H and O–H groups in total. The second-order valence-corrected chi connectivity index (χ2v) is 4.41. The molecule has 6 nitrogen and oxygen atoms in total. The molecule has 0 saturated heterocycles. The summed E-state index contributed by atoms with van der Waals surface area (Å²) < 4.78 is 0.739. The number of carbonyl (C=O) groups is 1. The van der Waals surface area contributed by atoms with Crippen LogP contribution in [0.4, 0.5) is 11.6 Å². The van der Waals surface area contributed by atoms with Crippen LogP contribution >= 0.6 is 15.9 Å². The zero-order valence-electron chi connectivity index (χ0n) is 10.6. The summed E-state index contributed by atoms with van der Waals surface area (Å²) in [6.07, 6.45) is 2.47. The number of halogens is 1. The normalized spacial score (nSPS) is 9.94. The Balaban J connectivity index is 2.62. The van der Waals surface area contributed by atoms with E-state index in [1.807, 2.05) is 6.92 Å². The standard InChI is InChI=1S/C11H18BrN5O/c1-3-5-14-10-9(12)11(17-7-16-10)15-6-8(18)13-4-2/h7H,3-6H2,1-2H3,(H,13,18)(H2,14,15,16,17). The summed E-state index contributed by atoms with van der Waals surface area (Å²) in [6.45, 7) is 5.61. The van der Waals surface area contributed by atoms with E-state index in [4.69, 9.17) is 0 Å². The van der Waals surface area contributed by atoms with Crippen LogP contribution in [0, 0.1) is 0 Å². The number of carbonyl (C=O) groups excluding carboxylic acids is 1. The van der Waals surface area contributed by atoms with E-state index in [-0.39, 0.29) is 12.5 Å². The fourth-order valence-electron chi connectivity index (χ4n) is 1.28. The highest BCUT2D eigenvalue weighted by Crippen LogP contribution is 2.26. The highest BCUT2D eigenvalue weighted by atomic mass is 79.9.